The van der Waals surface area contributed by atoms with Gasteiger partial charge in [0, 0.05) is 13.2 Å². The van der Waals surface area contributed by atoms with Crippen LogP contribution in [0.5, 0.6) is 0 Å². The van der Waals surface area contributed by atoms with E-state index in [2.05, 4.69) is 25.7 Å². The summed E-state index contributed by atoms with van der Waals surface area (Å²) < 4.78 is 11.4. The van der Waals surface area contributed by atoms with Crippen molar-refractivity contribution in [3.63, 3.8) is 0 Å². The highest BCUT2D eigenvalue weighted by molar-refractivity contribution is 5.99. The van der Waals surface area contributed by atoms with Gasteiger partial charge in [0.25, 0.3) is 0 Å². The van der Waals surface area contributed by atoms with E-state index in [9.17, 15) is 14.7 Å². The number of aliphatic hydroxyl groups is 1. The zero-order chi connectivity index (χ0) is 36.1. The number of hydrogen-bond donors (Lipinski definition) is 1. The Hall–Kier alpha value is -1.14. The van der Waals surface area contributed by atoms with E-state index >= 15 is 0 Å². The summed E-state index contributed by atoms with van der Waals surface area (Å²) in [6.07, 6.45) is 34.9. The van der Waals surface area contributed by atoms with E-state index < -0.39 is 17.4 Å². The SMILES string of the molecule is CCCCCCCCCCOC(=O)C(C)(CCCCCCN(CCCO)CCCCCCCCCC)C(=O)OCCCCCCCCCC. The van der Waals surface area contributed by atoms with E-state index in [0.717, 1.165) is 77.4 Å². The minimum Gasteiger partial charge on any atom is -0.465 e. The van der Waals surface area contributed by atoms with Crippen molar-refractivity contribution >= 4 is 11.9 Å². The van der Waals surface area contributed by atoms with Gasteiger partial charge in [-0.3, -0.25) is 9.59 Å². The second-order valence-electron chi connectivity index (χ2n) is 15.1. The Morgan fingerprint density at radius 1 is 0.449 bits per heavy atom. The second-order valence-corrected chi connectivity index (χ2v) is 15.1. The van der Waals surface area contributed by atoms with Crippen LogP contribution in [0.1, 0.15) is 220 Å². The van der Waals surface area contributed by atoms with Crippen LogP contribution in [0.25, 0.3) is 0 Å². The molecule has 0 unspecified atom stereocenters. The molecule has 0 aromatic rings. The third-order valence-electron chi connectivity index (χ3n) is 10.2. The molecule has 1 N–H and O–H groups in total. The average molecular weight is 696 g/mol. The smallest absolute Gasteiger partial charge is 0.323 e. The lowest BCUT2D eigenvalue weighted by molar-refractivity contribution is -0.172. The standard InChI is InChI=1S/C43H85NO5/c1-5-8-11-14-17-20-24-29-35-44(37-33-38-45)36-30-25-23-28-34-43(4,41(46)48-39-31-26-21-18-15-12-9-6-2)42(47)49-40-32-27-22-19-16-13-10-7-3/h45H,5-40H2,1-4H3. The van der Waals surface area contributed by atoms with E-state index in [1.54, 1.807) is 6.92 Å². The first-order valence-electron chi connectivity index (χ1n) is 21.6. The molecule has 0 radical (unpaired) electrons. The van der Waals surface area contributed by atoms with Gasteiger partial charge in [0.2, 0.25) is 0 Å². The average Bonchev–Trinajstić information content (AvgIpc) is 3.10. The highest BCUT2D eigenvalue weighted by Gasteiger charge is 2.43. The van der Waals surface area contributed by atoms with E-state index in [1.807, 2.05) is 0 Å². The van der Waals surface area contributed by atoms with Gasteiger partial charge in [0.15, 0.2) is 5.41 Å². The number of carbonyl (C=O) groups excluding carboxylic acids is 2. The quantitative estimate of drug-likeness (QED) is 0.0392. The fraction of sp³-hybridized carbons (Fsp3) is 0.953. The van der Waals surface area contributed by atoms with Crippen molar-refractivity contribution in [2.75, 3.05) is 39.5 Å². The monoisotopic (exact) mass is 696 g/mol. The molecule has 0 aliphatic heterocycles. The second kappa shape index (κ2) is 36.6. The Balaban J connectivity index is 4.67. The Labute approximate surface area is 305 Å². The Kier molecular flexibility index (Phi) is 35.8. The van der Waals surface area contributed by atoms with Crippen LogP contribution >= 0.6 is 0 Å². The molecule has 6 heteroatoms. The van der Waals surface area contributed by atoms with Gasteiger partial charge >= 0.3 is 11.9 Å². The summed E-state index contributed by atoms with van der Waals surface area (Å²) in [7, 11) is 0. The molecule has 0 saturated heterocycles. The summed E-state index contributed by atoms with van der Waals surface area (Å²) in [5.41, 5.74) is -1.23. The third-order valence-corrected chi connectivity index (χ3v) is 10.2. The number of ether oxygens (including phenoxy) is 2. The first-order chi connectivity index (χ1) is 24.0. The van der Waals surface area contributed by atoms with Crippen molar-refractivity contribution in [2.24, 2.45) is 5.41 Å². The van der Waals surface area contributed by atoms with Gasteiger partial charge in [-0.2, -0.15) is 0 Å². The lowest BCUT2D eigenvalue weighted by Crippen LogP contribution is -2.39. The van der Waals surface area contributed by atoms with Crippen LogP contribution in [0.2, 0.25) is 0 Å². The van der Waals surface area contributed by atoms with Gasteiger partial charge in [0.1, 0.15) is 0 Å². The molecular weight excluding hydrogens is 610 g/mol. The van der Waals surface area contributed by atoms with Crippen molar-refractivity contribution in [2.45, 2.75) is 220 Å². The van der Waals surface area contributed by atoms with Gasteiger partial charge in [-0.05, 0) is 58.5 Å². The highest BCUT2D eigenvalue weighted by Crippen LogP contribution is 2.29. The number of unbranched alkanes of at least 4 members (excludes halogenated alkanes) is 24. The molecule has 0 atom stereocenters. The van der Waals surface area contributed by atoms with Gasteiger partial charge in [-0.15, -0.1) is 0 Å². The molecular formula is C43H85NO5. The van der Waals surface area contributed by atoms with Crippen LogP contribution in [-0.2, 0) is 19.1 Å². The molecule has 0 amide bonds. The maximum absolute atomic E-state index is 13.3. The lowest BCUT2D eigenvalue weighted by Gasteiger charge is -2.26. The number of aliphatic hydroxyl groups excluding tert-OH is 1. The molecule has 0 aliphatic carbocycles. The minimum atomic E-state index is -1.23. The molecule has 0 aliphatic rings. The number of carbonyl (C=O) groups is 2. The molecule has 292 valence electrons. The van der Waals surface area contributed by atoms with Crippen LogP contribution in [0.4, 0.5) is 0 Å². The van der Waals surface area contributed by atoms with Crippen LogP contribution in [-0.4, -0.2) is 61.4 Å². The zero-order valence-corrected chi connectivity index (χ0v) is 33.5. The van der Waals surface area contributed by atoms with E-state index in [-0.39, 0.29) is 6.61 Å². The Morgan fingerprint density at radius 2 is 0.755 bits per heavy atom. The molecule has 0 heterocycles. The molecule has 0 spiro atoms. The van der Waals surface area contributed by atoms with Crippen molar-refractivity contribution in [1.82, 2.24) is 4.90 Å². The molecule has 49 heavy (non-hydrogen) atoms. The summed E-state index contributed by atoms with van der Waals surface area (Å²) in [6.45, 7) is 12.6. The first kappa shape index (κ1) is 47.9. The Morgan fingerprint density at radius 3 is 1.12 bits per heavy atom. The summed E-state index contributed by atoms with van der Waals surface area (Å²) in [4.78, 5) is 29.2. The van der Waals surface area contributed by atoms with Crippen LogP contribution < -0.4 is 0 Å². The first-order valence-corrected chi connectivity index (χ1v) is 21.6. The summed E-state index contributed by atoms with van der Waals surface area (Å²) in [5.74, 6) is -0.811. The van der Waals surface area contributed by atoms with Crippen molar-refractivity contribution < 1.29 is 24.2 Å². The van der Waals surface area contributed by atoms with E-state index in [4.69, 9.17) is 9.47 Å². The van der Waals surface area contributed by atoms with Crippen LogP contribution in [0.15, 0.2) is 0 Å². The van der Waals surface area contributed by atoms with Crippen molar-refractivity contribution in [3.8, 4) is 0 Å². The summed E-state index contributed by atoms with van der Waals surface area (Å²) >= 11 is 0. The fourth-order valence-corrected chi connectivity index (χ4v) is 6.67. The maximum Gasteiger partial charge on any atom is 0.323 e. The summed E-state index contributed by atoms with van der Waals surface area (Å²) in [5, 5.41) is 9.39. The Bertz CT molecular complexity index is 680. The number of rotatable bonds is 39. The van der Waals surface area contributed by atoms with Crippen molar-refractivity contribution in [1.29, 1.82) is 0 Å². The van der Waals surface area contributed by atoms with Crippen molar-refractivity contribution in [3.05, 3.63) is 0 Å². The van der Waals surface area contributed by atoms with E-state index in [1.165, 1.54) is 128 Å². The van der Waals surface area contributed by atoms with Gasteiger partial charge in [-0.1, -0.05) is 175 Å². The lowest BCUT2D eigenvalue weighted by atomic mass is 9.84. The molecule has 0 rings (SSSR count). The fourth-order valence-electron chi connectivity index (χ4n) is 6.67. The zero-order valence-electron chi connectivity index (χ0n) is 33.5. The maximum atomic E-state index is 13.3. The third kappa shape index (κ3) is 29.2. The molecule has 6 nitrogen and oxygen atoms in total. The van der Waals surface area contributed by atoms with Gasteiger partial charge in [-0.25, -0.2) is 0 Å². The van der Waals surface area contributed by atoms with Crippen LogP contribution in [0.3, 0.4) is 0 Å². The van der Waals surface area contributed by atoms with Crippen LogP contribution in [0, 0.1) is 5.41 Å². The number of hydrogen-bond acceptors (Lipinski definition) is 6. The summed E-state index contributed by atoms with van der Waals surface area (Å²) in [6, 6.07) is 0. The predicted molar refractivity (Wildman–Crippen MR) is 209 cm³/mol. The normalized spacial score (nSPS) is 11.8. The molecule has 0 bridgehead atoms. The molecule has 0 aromatic carbocycles. The largest absolute Gasteiger partial charge is 0.465 e. The van der Waals surface area contributed by atoms with E-state index in [0.29, 0.717) is 19.6 Å². The van der Waals surface area contributed by atoms with Gasteiger partial charge in [0.05, 0.1) is 13.2 Å². The molecule has 0 saturated carbocycles. The molecule has 0 aromatic heterocycles. The highest BCUT2D eigenvalue weighted by atomic mass is 16.6. The topological polar surface area (TPSA) is 76.1 Å². The predicted octanol–water partition coefficient (Wildman–Crippen LogP) is 12.1. The number of nitrogens with zero attached hydrogens (tertiary/aromatic N) is 1. The minimum absolute atomic E-state index is 0.247. The number of esters is 2. The molecule has 0 fully saturated rings. The van der Waals surface area contributed by atoms with Gasteiger partial charge < -0.3 is 19.5 Å².